The van der Waals surface area contributed by atoms with Crippen molar-refractivity contribution in [3.05, 3.63) is 60.8 Å². The largest absolute Gasteiger partial charge is 0.454 e. The molecule has 1 aliphatic rings. The molecule has 1 rings (SSSR count). The average Bonchev–Trinajstić information content (AvgIpc) is 3.37. The molecule has 0 aromatic rings. The molecule has 0 radical (unpaired) electrons. The number of hydrogen-bond donors (Lipinski definition) is 6. The molecule has 0 saturated carbocycles. The number of nitrogens with one attached hydrogen (secondary N) is 1. The van der Waals surface area contributed by atoms with Crippen LogP contribution >= 0.6 is 0 Å². The molecule has 0 aliphatic carbocycles. The van der Waals surface area contributed by atoms with Crippen molar-refractivity contribution in [2.45, 2.75) is 294 Å². The Kier molecular flexibility index (Phi) is 45.2. The molecule has 1 fully saturated rings. The van der Waals surface area contributed by atoms with E-state index in [1.165, 1.54) is 135 Å². The molecule has 11 heteroatoms. The number of rotatable bonds is 48. The first-order valence-corrected chi connectivity index (χ1v) is 29.1. The minimum Gasteiger partial charge on any atom is -0.454 e. The topological polar surface area (TPSA) is 175 Å². The first-order valence-electron chi connectivity index (χ1n) is 29.1. The van der Waals surface area contributed by atoms with E-state index in [2.05, 4.69) is 62.5 Å². The van der Waals surface area contributed by atoms with Gasteiger partial charge in [0.2, 0.25) is 5.91 Å². The van der Waals surface area contributed by atoms with Crippen molar-refractivity contribution >= 4 is 11.9 Å². The number of carbonyl (C=O) groups excluding carboxylic acids is 2. The third-order valence-electron chi connectivity index (χ3n) is 13.4. The number of ether oxygens (including phenoxy) is 3. The third kappa shape index (κ3) is 36.9. The summed E-state index contributed by atoms with van der Waals surface area (Å²) >= 11 is 0. The van der Waals surface area contributed by atoms with Crippen molar-refractivity contribution in [1.82, 2.24) is 5.32 Å². The predicted octanol–water partition coefficient (Wildman–Crippen LogP) is 13.1. The molecular formula is C60H107NO10. The molecule has 1 heterocycles. The molecule has 0 bridgehead atoms. The lowest BCUT2D eigenvalue weighted by atomic mass is 9.99. The van der Waals surface area contributed by atoms with Gasteiger partial charge < -0.3 is 45.1 Å². The van der Waals surface area contributed by atoms with E-state index < -0.39 is 67.4 Å². The lowest BCUT2D eigenvalue weighted by Crippen LogP contribution is -2.61. The monoisotopic (exact) mass is 1000 g/mol. The molecule has 1 aliphatic heterocycles. The number of allylic oxidation sites excluding steroid dienone is 9. The van der Waals surface area contributed by atoms with Crippen molar-refractivity contribution in [3.8, 4) is 0 Å². The van der Waals surface area contributed by atoms with Gasteiger partial charge in [-0.15, -0.1) is 0 Å². The van der Waals surface area contributed by atoms with E-state index in [9.17, 15) is 35.1 Å². The quantitative estimate of drug-likeness (QED) is 0.0196. The Balaban J connectivity index is 2.73. The molecule has 8 unspecified atom stereocenters. The normalized spacial score (nSPS) is 20.0. The Labute approximate surface area is 433 Å². The molecule has 1 saturated heterocycles. The van der Waals surface area contributed by atoms with Gasteiger partial charge in [-0.3, -0.25) is 9.59 Å². The molecule has 412 valence electrons. The van der Waals surface area contributed by atoms with E-state index in [1.54, 1.807) is 6.08 Å². The van der Waals surface area contributed by atoms with Gasteiger partial charge in [-0.1, -0.05) is 223 Å². The second kappa shape index (κ2) is 48.3. The van der Waals surface area contributed by atoms with E-state index in [0.29, 0.717) is 12.8 Å². The lowest BCUT2D eigenvalue weighted by molar-refractivity contribution is -0.305. The Bertz CT molecular complexity index is 1380. The zero-order valence-electron chi connectivity index (χ0n) is 45.3. The Morgan fingerprint density at radius 3 is 1.46 bits per heavy atom. The predicted molar refractivity (Wildman–Crippen MR) is 292 cm³/mol. The van der Waals surface area contributed by atoms with Crippen LogP contribution in [0.5, 0.6) is 0 Å². The fourth-order valence-corrected chi connectivity index (χ4v) is 8.73. The van der Waals surface area contributed by atoms with Crippen LogP contribution in [-0.2, 0) is 23.8 Å². The van der Waals surface area contributed by atoms with Crippen LogP contribution in [0.3, 0.4) is 0 Å². The molecule has 0 aromatic carbocycles. The van der Waals surface area contributed by atoms with Gasteiger partial charge in [-0.05, 0) is 77.0 Å². The maximum absolute atomic E-state index is 13.4. The van der Waals surface area contributed by atoms with Gasteiger partial charge in [-0.25, -0.2) is 0 Å². The van der Waals surface area contributed by atoms with Crippen LogP contribution in [0.1, 0.15) is 245 Å². The summed E-state index contributed by atoms with van der Waals surface area (Å²) in [6.07, 6.45) is 48.5. The first kappa shape index (κ1) is 66.4. The van der Waals surface area contributed by atoms with E-state index in [1.807, 2.05) is 18.2 Å². The standard InChI is InChI=1S/C60H107NO10/c1-4-7-10-13-16-19-22-24-25-26-27-28-30-32-35-38-41-44-47-53(64)59(68)61-51(52(63)46-43-40-37-34-31-21-18-15-12-9-6-3)50-69-60-58(57(67)56(66)54(49-62)70-60)71-55(65)48-45-42-39-36-33-29-23-20-17-14-11-8-5-2/h16,19,24-25,29,33,39,42-43,46,51-54,56-58,60,62-64,66-67H,4-15,17-18,20-23,26-28,30-32,34-38,40-41,44-45,47-50H2,1-3H3,(H,61,68)/b19-16-,25-24-,33-29-,42-39+,46-43+. The van der Waals surface area contributed by atoms with Crippen LogP contribution in [0.25, 0.3) is 0 Å². The summed E-state index contributed by atoms with van der Waals surface area (Å²) in [6, 6.07) is -1.04. The Hall–Kier alpha value is -2.64. The van der Waals surface area contributed by atoms with Crippen LogP contribution in [0.15, 0.2) is 60.8 Å². The summed E-state index contributed by atoms with van der Waals surface area (Å²) in [5.41, 5.74) is 0. The number of carbonyl (C=O) groups is 2. The Morgan fingerprint density at radius 2 is 0.972 bits per heavy atom. The van der Waals surface area contributed by atoms with Crippen LogP contribution in [0, 0.1) is 0 Å². The number of esters is 1. The van der Waals surface area contributed by atoms with Crippen molar-refractivity contribution in [2.75, 3.05) is 13.2 Å². The van der Waals surface area contributed by atoms with E-state index in [4.69, 9.17) is 14.2 Å². The van der Waals surface area contributed by atoms with Crippen LogP contribution in [0.4, 0.5) is 0 Å². The van der Waals surface area contributed by atoms with Gasteiger partial charge >= 0.3 is 5.97 Å². The SMILES string of the molecule is CCCCC/C=C\C/C=C\CCCCCCCCCCC(O)C(=O)NC(COC1OC(CO)C(O)C(O)C1OC(=O)CC/C=C/C/C=C\CCCCCCCC)C(O)/C=C/CCCCCCCCCCC. The van der Waals surface area contributed by atoms with Crippen molar-refractivity contribution in [1.29, 1.82) is 0 Å². The van der Waals surface area contributed by atoms with E-state index in [-0.39, 0.29) is 19.4 Å². The number of amides is 1. The zero-order valence-corrected chi connectivity index (χ0v) is 45.3. The summed E-state index contributed by atoms with van der Waals surface area (Å²) in [4.78, 5) is 26.4. The first-order chi connectivity index (χ1) is 34.7. The van der Waals surface area contributed by atoms with Gasteiger partial charge in [-0.2, -0.15) is 0 Å². The summed E-state index contributed by atoms with van der Waals surface area (Å²) in [6.45, 7) is 5.70. The van der Waals surface area contributed by atoms with Crippen molar-refractivity contribution in [2.24, 2.45) is 0 Å². The highest BCUT2D eigenvalue weighted by Crippen LogP contribution is 2.26. The smallest absolute Gasteiger partial charge is 0.306 e. The molecule has 6 N–H and O–H groups in total. The fourth-order valence-electron chi connectivity index (χ4n) is 8.73. The molecule has 11 nitrogen and oxygen atoms in total. The number of hydrogen-bond acceptors (Lipinski definition) is 10. The molecule has 8 atom stereocenters. The van der Waals surface area contributed by atoms with Gasteiger partial charge in [0, 0.05) is 6.42 Å². The average molecular weight is 1000 g/mol. The van der Waals surface area contributed by atoms with Crippen LogP contribution in [0.2, 0.25) is 0 Å². The highest BCUT2D eigenvalue weighted by molar-refractivity contribution is 5.80. The second-order valence-corrected chi connectivity index (χ2v) is 20.0. The van der Waals surface area contributed by atoms with Crippen molar-refractivity contribution in [3.63, 3.8) is 0 Å². The van der Waals surface area contributed by atoms with Crippen LogP contribution < -0.4 is 5.32 Å². The fraction of sp³-hybridized carbons (Fsp3) is 0.800. The highest BCUT2D eigenvalue weighted by atomic mass is 16.7. The van der Waals surface area contributed by atoms with E-state index in [0.717, 1.165) is 64.2 Å². The lowest BCUT2D eigenvalue weighted by Gasteiger charge is -2.41. The summed E-state index contributed by atoms with van der Waals surface area (Å²) in [7, 11) is 0. The molecule has 0 aromatic heterocycles. The minimum absolute atomic E-state index is 0.0163. The Morgan fingerprint density at radius 1 is 0.549 bits per heavy atom. The highest BCUT2D eigenvalue weighted by Gasteiger charge is 2.47. The van der Waals surface area contributed by atoms with E-state index >= 15 is 0 Å². The minimum atomic E-state index is -1.64. The second-order valence-electron chi connectivity index (χ2n) is 20.0. The maximum Gasteiger partial charge on any atom is 0.306 e. The maximum atomic E-state index is 13.4. The van der Waals surface area contributed by atoms with Crippen molar-refractivity contribution < 1.29 is 49.3 Å². The summed E-state index contributed by atoms with van der Waals surface area (Å²) in [5, 5.41) is 56.7. The van der Waals surface area contributed by atoms with Gasteiger partial charge in [0.05, 0.1) is 25.4 Å². The number of unbranched alkanes of at least 4 members (excludes halogenated alkanes) is 26. The number of aliphatic hydroxyl groups is 5. The molecular weight excluding hydrogens is 895 g/mol. The molecule has 1 amide bonds. The van der Waals surface area contributed by atoms with Gasteiger partial charge in [0.25, 0.3) is 0 Å². The summed E-state index contributed by atoms with van der Waals surface area (Å²) in [5.74, 6) is -1.27. The zero-order chi connectivity index (χ0) is 51.8. The van der Waals surface area contributed by atoms with Gasteiger partial charge in [0.15, 0.2) is 12.4 Å². The summed E-state index contributed by atoms with van der Waals surface area (Å²) < 4.78 is 17.5. The molecule has 71 heavy (non-hydrogen) atoms. The number of aliphatic hydroxyl groups excluding tert-OH is 5. The molecule has 0 spiro atoms. The van der Waals surface area contributed by atoms with Gasteiger partial charge in [0.1, 0.15) is 24.4 Å². The third-order valence-corrected chi connectivity index (χ3v) is 13.4. The van der Waals surface area contributed by atoms with Crippen LogP contribution in [-0.4, -0.2) is 99.6 Å².